The van der Waals surface area contributed by atoms with Crippen molar-refractivity contribution in [3.05, 3.63) is 69.8 Å². The van der Waals surface area contributed by atoms with Gasteiger partial charge < -0.3 is 5.11 Å². The maximum absolute atomic E-state index is 12.3. The molecule has 0 saturated heterocycles. The number of rotatable bonds is 2. The Kier molecular flexibility index (Phi) is 8.03. The fraction of sp³-hybridized carbons (Fsp3) is 0.222. The number of aliphatic hydroxyl groups excluding tert-OH is 1. The van der Waals surface area contributed by atoms with E-state index < -0.39 is 30.1 Å². The lowest BCUT2D eigenvalue weighted by molar-refractivity contribution is -0.138. The van der Waals surface area contributed by atoms with Gasteiger partial charge in [0.15, 0.2) is 0 Å². The first-order chi connectivity index (χ1) is 12.9. The van der Waals surface area contributed by atoms with Crippen LogP contribution in [0.15, 0.2) is 36.4 Å². The highest BCUT2D eigenvalue weighted by Crippen LogP contribution is 2.31. The molecule has 0 aliphatic heterocycles. The van der Waals surface area contributed by atoms with Crippen LogP contribution in [0.25, 0.3) is 0 Å². The molecule has 28 heavy (non-hydrogen) atoms. The summed E-state index contributed by atoms with van der Waals surface area (Å²) in [6.07, 6.45) is -8.89. The van der Waals surface area contributed by atoms with Crippen molar-refractivity contribution in [2.45, 2.75) is 24.3 Å². The van der Waals surface area contributed by atoms with Gasteiger partial charge in [-0.1, -0.05) is 15.9 Å². The SMILES string of the molecule is N#Cc1cc(CBr)cc(C(F)(F)F)c1.N#Cc1cc(CO)cc(C(F)(F)F)c1. The number of alkyl halides is 7. The predicted molar refractivity (Wildman–Crippen MR) is 90.9 cm³/mol. The second kappa shape index (κ2) is 9.58. The summed E-state index contributed by atoms with van der Waals surface area (Å²) >= 11 is 3.04. The first-order valence-corrected chi connectivity index (χ1v) is 8.46. The lowest BCUT2D eigenvalue weighted by Crippen LogP contribution is -2.06. The zero-order valence-corrected chi connectivity index (χ0v) is 15.5. The minimum Gasteiger partial charge on any atom is -0.392 e. The Bertz CT molecular complexity index is 835. The molecule has 3 nitrogen and oxygen atoms in total. The molecule has 0 atom stereocenters. The van der Waals surface area contributed by atoms with Gasteiger partial charge in [-0.05, 0) is 47.5 Å². The Morgan fingerprint density at radius 3 is 1.46 bits per heavy atom. The standard InChI is InChI=1S/C9H5BrF3N.C9H6F3NO/c10-4-6-1-7(5-14)3-8(2-6)9(11,12)13;10-9(11,12)8-2-6(4-13)1-7(3-8)5-14/h1-3H,4H2;1-3,14H,5H2. The third-order valence-corrected chi connectivity index (χ3v) is 3.88. The molecule has 0 saturated carbocycles. The quantitative estimate of drug-likeness (QED) is 0.468. The molecule has 10 heteroatoms. The molecule has 0 aliphatic carbocycles. The highest BCUT2D eigenvalue weighted by atomic mass is 79.9. The van der Waals surface area contributed by atoms with Crippen LogP contribution in [0.3, 0.4) is 0 Å². The Balaban J connectivity index is 0.000000280. The van der Waals surface area contributed by atoms with Crippen molar-refractivity contribution in [3.8, 4) is 12.1 Å². The lowest BCUT2D eigenvalue weighted by Gasteiger charge is -2.08. The van der Waals surface area contributed by atoms with Gasteiger partial charge in [0.2, 0.25) is 0 Å². The highest BCUT2D eigenvalue weighted by molar-refractivity contribution is 9.08. The number of hydrogen-bond acceptors (Lipinski definition) is 3. The van der Waals surface area contributed by atoms with Crippen molar-refractivity contribution in [2.75, 3.05) is 0 Å². The molecule has 148 valence electrons. The van der Waals surface area contributed by atoms with E-state index >= 15 is 0 Å². The molecule has 2 rings (SSSR count). The zero-order chi connectivity index (χ0) is 21.5. The molecule has 0 aromatic heterocycles. The predicted octanol–water partition coefficient (Wildman–Crippen LogP) is 5.54. The lowest BCUT2D eigenvalue weighted by atomic mass is 10.1. The average molecular weight is 465 g/mol. The van der Waals surface area contributed by atoms with E-state index in [1.165, 1.54) is 12.1 Å². The van der Waals surface area contributed by atoms with Crippen LogP contribution in [0.2, 0.25) is 0 Å². The van der Waals surface area contributed by atoms with E-state index in [0.29, 0.717) is 10.9 Å². The molecule has 0 spiro atoms. The van der Waals surface area contributed by atoms with Crippen molar-refractivity contribution in [2.24, 2.45) is 0 Å². The van der Waals surface area contributed by atoms with Gasteiger partial charge in [0.05, 0.1) is 41.0 Å². The number of hydrogen-bond donors (Lipinski definition) is 1. The summed E-state index contributed by atoms with van der Waals surface area (Å²) in [5.74, 6) is 0. The Hall–Kier alpha value is -2.56. The highest BCUT2D eigenvalue weighted by Gasteiger charge is 2.31. The van der Waals surface area contributed by atoms with Crippen molar-refractivity contribution in [1.82, 2.24) is 0 Å². The van der Waals surface area contributed by atoms with E-state index in [1.54, 1.807) is 12.1 Å². The minimum absolute atomic E-state index is 0.0225. The first kappa shape index (κ1) is 23.5. The van der Waals surface area contributed by atoms with E-state index in [9.17, 15) is 26.3 Å². The fourth-order valence-electron chi connectivity index (χ4n) is 2.01. The molecule has 0 fully saturated rings. The molecule has 0 aliphatic rings. The van der Waals surface area contributed by atoms with Crippen LogP contribution in [-0.2, 0) is 24.3 Å². The zero-order valence-electron chi connectivity index (χ0n) is 13.9. The summed E-state index contributed by atoms with van der Waals surface area (Å²) in [6.45, 7) is -0.515. The Labute approximate surface area is 164 Å². The molecule has 0 amide bonds. The van der Waals surface area contributed by atoms with Crippen molar-refractivity contribution >= 4 is 15.9 Å². The number of benzene rings is 2. The van der Waals surface area contributed by atoms with Crippen LogP contribution >= 0.6 is 15.9 Å². The minimum atomic E-state index is -4.49. The largest absolute Gasteiger partial charge is 0.416 e. The van der Waals surface area contributed by atoms with Crippen LogP contribution in [0.4, 0.5) is 26.3 Å². The van der Waals surface area contributed by atoms with Crippen molar-refractivity contribution in [1.29, 1.82) is 10.5 Å². The van der Waals surface area contributed by atoms with Gasteiger partial charge in [0.25, 0.3) is 0 Å². The van der Waals surface area contributed by atoms with Gasteiger partial charge >= 0.3 is 12.4 Å². The van der Waals surface area contributed by atoms with Gasteiger partial charge in [-0.2, -0.15) is 36.9 Å². The fourth-order valence-corrected chi connectivity index (χ4v) is 2.33. The van der Waals surface area contributed by atoms with Crippen LogP contribution in [0, 0.1) is 22.7 Å². The van der Waals surface area contributed by atoms with E-state index in [0.717, 1.165) is 24.3 Å². The maximum atomic E-state index is 12.3. The van der Waals surface area contributed by atoms with Crippen LogP contribution in [0.5, 0.6) is 0 Å². The number of aliphatic hydroxyl groups is 1. The van der Waals surface area contributed by atoms with Gasteiger partial charge in [0, 0.05) is 5.33 Å². The molecule has 2 aromatic carbocycles. The van der Waals surface area contributed by atoms with Gasteiger partial charge in [0.1, 0.15) is 0 Å². The molecular formula is C18H11BrF6N2O. The van der Waals surface area contributed by atoms with Gasteiger partial charge in [-0.15, -0.1) is 0 Å². The normalized spacial score (nSPS) is 11.1. The Morgan fingerprint density at radius 1 is 0.750 bits per heavy atom. The second-order valence-electron chi connectivity index (χ2n) is 5.35. The van der Waals surface area contributed by atoms with E-state index in [4.69, 9.17) is 15.6 Å². The summed E-state index contributed by atoms with van der Waals surface area (Å²) in [7, 11) is 0. The number of halogens is 7. The summed E-state index contributed by atoms with van der Waals surface area (Å²) in [6, 6.07) is 9.37. The number of nitriles is 2. The third kappa shape index (κ3) is 6.87. The third-order valence-electron chi connectivity index (χ3n) is 3.24. The maximum Gasteiger partial charge on any atom is 0.416 e. The van der Waals surface area contributed by atoms with E-state index in [2.05, 4.69) is 15.9 Å². The van der Waals surface area contributed by atoms with Crippen molar-refractivity contribution < 1.29 is 31.4 Å². The summed E-state index contributed by atoms with van der Waals surface area (Å²) < 4.78 is 73.6. The average Bonchev–Trinajstić information content (AvgIpc) is 2.66. The molecule has 0 bridgehead atoms. The number of nitrogens with zero attached hydrogens (tertiary/aromatic N) is 2. The first-order valence-electron chi connectivity index (χ1n) is 7.34. The topological polar surface area (TPSA) is 67.8 Å². The van der Waals surface area contributed by atoms with Gasteiger partial charge in [-0.3, -0.25) is 0 Å². The molecule has 0 unspecified atom stereocenters. The smallest absolute Gasteiger partial charge is 0.392 e. The summed E-state index contributed by atoms with van der Waals surface area (Å²) in [5.41, 5.74) is -1.27. The van der Waals surface area contributed by atoms with Crippen molar-refractivity contribution in [3.63, 3.8) is 0 Å². The molecular weight excluding hydrogens is 454 g/mol. The summed E-state index contributed by atoms with van der Waals surface area (Å²) in [5, 5.41) is 25.9. The summed E-state index contributed by atoms with van der Waals surface area (Å²) in [4.78, 5) is 0. The van der Waals surface area contributed by atoms with E-state index in [-0.39, 0.29) is 16.7 Å². The molecule has 0 heterocycles. The van der Waals surface area contributed by atoms with Crippen LogP contribution in [0.1, 0.15) is 33.4 Å². The van der Waals surface area contributed by atoms with Crippen LogP contribution in [-0.4, -0.2) is 5.11 Å². The molecule has 0 radical (unpaired) electrons. The van der Waals surface area contributed by atoms with Crippen LogP contribution < -0.4 is 0 Å². The monoisotopic (exact) mass is 464 g/mol. The second-order valence-corrected chi connectivity index (χ2v) is 5.91. The van der Waals surface area contributed by atoms with Gasteiger partial charge in [-0.25, -0.2) is 0 Å². The van der Waals surface area contributed by atoms with E-state index in [1.807, 2.05) is 0 Å². The molecule has 2 aromatic rings. The molecule has 1 N–H and O–H groups in total. The Morgan fingerprint density at radius 2 is 1.14 bits per heavy atom.